The minimum Gasteiger partial charge on any atom is -0.316 e. The number of likely N-dealkylation sites (tertiary alicyclic amines) is 1. The number of rotatable bonds is 3. The van der Waals surface area contributed by atoms with Gasteiger partial charge in [-0.15, -0.1) is 6.58 Å². The second-order valence-corrected chi connectivity index (χ2v) is 4.02. The number of hydrogen-bond acceptors (Lipinski definition) is 2. The van der Waals surface area contributed by atoms with Crippen LogP contribution in [-0.2, 0) is 0 Å². The fourth-order valence-corrected chi connectivity index (χ4v) is 2.41. The molecule has 0 bridgehead atoms. The average Bonchev–Trinajstić information content (AvgIpc) is 2.58. The summed E-state index contributed by atoms with van der Waals surface area (Å²) in [6, 6.07) is 0. The lowest BCUT2D eigenvalue weighted by molar-refractivity contribution is 0.319. The van der Waals surface area contributed by atoms with Gasteiger partial charge in [-0.1, -0.05) is 6.08 Å². The lowest BCUT2D eigenvalue weighted by Gasteiger charge is -2.15. The maximum atomic E-state index is 3.75. The third-order valence-electron chi connectivity index (χ3n) is 3.11. The molecule has 2 heterocycles. The van der Waals surface area contributed by atoms with Crippen LogP contribution in [0, 0.1) is 11.8 Å². The Bertz CT molecular complexity index is 155. The SMILES string of the molecule is C=CCCN1C[C@H]2CNC[C@H]2C1. The van der Waals surface area contributed by atoms with E-state index >= 15 is 0 Å². The van der Waals surface area contributed by atoms with Crippen LogP contribution in [-0.4, -0.2) is 37.6 Å². The molecular formula is C10H18N2. The number of nitrogens with one attached hydrogen (secondary N) is 1. The third-order valence-corrected chi connectivity index (χ3v) is 3.11. The van der Waals surface area contributed by atoms with E-state index in [9.17, 15) is 0 Å². The van der Waals surface area contributed by atoms with Crippen molar-refractivity contribution in [1.29, 1.82) is 0 Å². The Balaban J connectivity index is 1.78. The molecule has 0 unspecified atom stereocenters. The number of nitrogens with zero attached hydrogens (tertiary/aromatic N) is 1. The van der Waals surface area contributed by atoms with Gasteiger partial charge in [-0.25, -0.2) is 0 Å². The van der Waals surface area contributed by atoms with Crippen LogP contribution < -0.4 is 5.32 Å². The van der Waals surface area contributed by atoms with Gasteiger partial charge in [-0.2, -0.15) is 0 Å². The zero-order chi connectivity index (χ0) is 8.39. The zero-order valence-corrected chi connectivity index (χ0v) is 7.63. The van der Waals surface area contributed by atoms with E-state index < -0.39 is 0 Å². The molecule has 0 spiro atoms. The monoisotopic (exact) mass is 166 g/mol. The van der Waals surface area contributed by atoms with Crippen molar-refractivity contribution in [3.8, 4) is 0 Å². The fraction of sp³-hybridized carbons (Fsp3) is 0.800. The number of fused-ring (bicyclic) bond motifs is 1. The second kappa shape index (κ2) is 3.58. The van der Waals surface area contributed by atoms with Crippen LogP contribution in [0.3, 0.4) is 0 Å². The fourth-order valence-electron chi connectivity index (χ4n) is 2.41. The summed E-state index contributed by atoms with van der Waals surface area (Å²) in [7, 11) is 0. The Labute approximate surface area is 74.6 Å². The number of hydrogen-bond donors (Lipinski definition) is 1. The maximum Gasteiger partial charge on any atom is 0.00257 e. The van der Waals surface area contributed by atoms with Gasteiger partial charge in [0.25, 0.3) is 0 Å². The van der Waals surface area contributed by atoms with Crippen molar-refractivity contribution < 1.29 is 0 Å². The van der Waals surface area contributed by atoms with Crippen LogP contribution in [0.15, 0.2) is 12.7 Å². The molecule has 2 atom stereocenters. The standard InChI is InChI=1S/C10H18N2/c1-2-3-4-12-7-9-5-11-6-10(9)8-12/h2,9-11H,1,3-8H2/t9-,10+. The summed E-state index contributed by atoms with van der Waals surface area (Å²) in [4.78, 5) is 2.58. The molecule has 2 aliphatic heterocycles. The summed E-state index contributed by atoms with van der Waals surface area (Å²) in [5, 5.41) is 3.45. The van der Waals surface area contributed by atoms with Crippen molar-refractivity contribution in [2.45, 2.75) is 6.42 Å². The molecule has 2 aliphatic rings. The van der Waals surface area contributed by atoms with Gasteiger partial charge >= 0.3 is 0 Å². The Kier molecular flexibility index (Phi) is 2.47. The highest BCUT2D eigenvalue weighted by Crippen LogP contribution is 2.25. The zero-order valence-electron chi connectivity index (χ0n) is 7.63. The highest BCUT2D eigenvalue weighted by molar-refractivity contribution is 4.91. The van der Waals surface area contributed by atoms with Gasteiger partial charge in [0.15, 0.2) is 0 Å². The summed E-state index contributed by atoms with van der Waals surface area (Å²) < 4.78 is 0. The molecule has 1 N–H and O–H groups in total. The smallest absolute Gasteiger partial charge is 0.00257 e. The Morgan fingerprint density at radius 1 is 1.33 bits per heavy atom. The molecule has 0 amide bonds. The van der Waals surface area contributed by atoms with Gasteiger partial charge in [0.1, 0.15) is 0 Å². The first-order valence-electron chi connectivity index (χ1n) is 4.94. The van der Waals surface area contributed by atoms with E-state index in [1.165, 1.54) is 32.7 Å². The van der Waals surface area contributed by atoms with E-state index in [2.05, 4.69) is 16.8 Å². The predicted molar refractivity (Wildman–Crippen MR) is 51.1 cm³/mol. The van der Waals surface area contributed by atoms with Gasteiger partial charge < -0.3 is 10.2 Å². The molecule has 0 aromatic carbocycles. The normalized spacial score (nSPS) is 35.3. The molecule has 12 heavy (non-hydrogen) atoms. The molecule has 2 saturated heterocycles. The Morgan fingerprint density at radius 2 is 2.00 bits per heavy atom. The summed E-state index contributed by atoms with van der Waals surface area (Å²) in [6.07, 6.45) is 3.17. The van der Waals surface area contributed by atoms with Gasteiger partial charge in [0.2, 0.25) is 0 Å². The molecule has 2 fully saturated rings. The quantitative estimate of drug-likeness (QED) is 0.621. The minimum atomic E-state index is 0.940. The van der Waals surface area contributed by atoms with Gasteiger partial charge in [0, 0.05) is 19.6 Å². The van der Waals surface area contributed by atoms with Crippen molar-refractivity contribution in [2.24, 2.45) is 11.8 Å². The van der Waals surface area contributed by atoms with Crippen LogP contribution in [0.2, 0.25) is 0 Å². The summed E-state index contributed by atoms with van der Waals surface area (Å²) >= 11 is 0. The highest BCUT2D eigenvalue weighted by atomic mass is 15.2. The van der Waals surface area contributed by atoms with E-state index in [0.717, 1.165) is 18.3 Å². The summed E-state index contributed by atoms with van der Waals surface area (Å²) in [5.74, 6) is 1.88. The molecule has 2 nitrogen and oxygen atoms in total. The van der Waals surface area contributed by atoms with E-state index in [-0.39, 0.29) is 0 Å². The topological polar surface area (TPSA) is 15.3 Å². The van der Waals surface area contributed by atoms with Crippen LogP contribution in [0.1, 0.15) is 6.42 Å². The maximum absolute atomic E-state index is 3.75. The first kappa shape index (κ1) is 8.27. The van der Waals surface area contributed by atoms with Crippen LogP contribution >= 0.6 is 0 Å². The molecule has 2 rings (SSSR count). The molecule has 0 aromatic rings. The predicted octanol–water partition coefficient (Wildman–Crippen LogP) is 0.714. The van der Waals surface area contributed by atoms with Crippen molar-refractivity contribution in [2.75, 3.05) is 32.7 Å². The molecule has 2 heteroatoms. The van der Waals surface area contributed by atoms with Crippen molar-refractivity contribution in [3.63, 3.8) is 0 Å². The lowest BCUT2D eigenvalue weighted by Crippen LogP contribution is -2.26. The largest absolute Gasteiger partial charge is 0.316 e. The average molecular weight is 166 g/mol. The Morgan fingerprint density at radius 3 is 2.58 bits per heavy atom. The van der Waals surface area contributed by atoms with E-state index in [1.54, 1.807) is 0 Å². The third kappa shape index (κ3) is 1.54. The first-order chi connectivity index (χ1) is 5.90. The lowest BCUT2D eigenvalue weighted by atomic mass is 10.0. The molecule has 0 aromatic heterocycles. The first-order valence-corrected chi connectivity index (χ1v) is 4.94. The van der Waals surface area contributed by atoms with Crippen LogP contribution in [0.25, 0.3) is 0 Å². The van der Waals surface area contributed by atoms with Crippen LogP contribution in [0.4, 0.5) is 0 Å². The van der Waals surface area contributed by atoms with E-state index in [1.807, 2.05) is 6.08 Å². The van der Waals surface area contributed by atoms with E-state index in [0.29, 0.717) is 0 Å². The Hall–Kier alpha value is -0.340. The second-order valence-electron chi connectivity index (χ2n) is 4.02. The van der Waals surface area contributed by atoms with Crippen molar-refractivity contribution in [1.82, 2.24) is 10.2 Å². The van der Waals surface area contributed by atoms with Crippen molar-refractivity contribution >= 4 is 0 Å². The molecular weight excluding hydrogens is 148 g/mol. The summed E-state index contributed by atoms with van der Waals surface area (Å²) in [6.45, 7) is 10.1. The van der Waals surface area contributed by atoms with Gasteiger partial charge in [0.05, 0.1) is 0 Å². The molecule has 0 radical (unpaired) electrons. The summed E-state index contributed by atoms with van der Waals surface area (Å²) in [5.41, 5.74) is 0. The van der Waals surface area contributed by atoms with Crippen molar-refractivity contribution in [3.05, 3.63) is 12.7 Å². The molecule has 0 saturated carbocycles. The molecule has 0 aliphatic carbocycles. The minimum absolute atomic E-state index is 0.940. The van der Waals surface area contributed by atoms with Crippen LogP contribution in [0.5, 0.6) is 0 Å². The van der Waals surface area contributed by atoms with Gasteiger partial charge in [-0.3, -0.25) is 0 Å². The van der Waals surface area contributed by atoms with E-state index in [4.69, 9.17) is 0 Å². The van der Waals surface area contributed by atoms with Gasteiger partial charge in [-0.05, 0) is 31.3 Å². The highest BCUT2D eigenvalue weighted by Gasteiger charge is 2.35. The molecule has 68 valence electrons.